The summed E-state index contributed by atoms with van der Waals surface area (Å²) in [7, 11) is 4.21. The van der Waals surface area contributed by atoms with Crippen molar-refractivity contribution in [2.24, 2.45) is 7.05 Å². The van der Waals surface area contributed by atoms with Gasteiger partial charge in [0.1, 0.15) is 5.82 Å². The fourth-order valence-electron chi connectivity index (χ4n) is 2.41. The Balaban J connectivity index is 2.98. The standard InChI is InChI=1S/C14H28N4/c1-7-9-11(3)17(5)14-13(10-15-8-2)12(4)16-18(14)6/h11,15H,7-10H2,1-6H3. The Bertz CT molecular complexity index is 370. The minimum Gasteiger partial charge on any atom is -0.357 e. The number of hydrogen-bond acceptors (Lipinski definition) is 3. The summed E-state index contributed by atoms with van der Waals surface area (Å²) in [6.07, 6.45) is 2.42. The first-order valence-electron chi connectivity index (χ1n) is 6.98. The Hall–Kier alpha value is -1.03. The van der Waals surface area contributed by atoms with Gasteiger partial charge in [-0.05, 0) is 26.8 Å². The zero-order valence-corrected chi connectivity index (χ0v) is 12.7. The fourth-order valence-corrected chi connectivity index (χ4v) is 2.41. The van der Waals surface area contributed by atoms with Crippen LogP contribution in [-0.2, 0) is 13.6 Å². The number of hydrogen-bond donors (Lipinski definition) is 1. The van der Waals surface area contributed by atoms with E-state index in [1.807, 2.05) is 11.7 Å². The second-order valence-corrected chi connectivity index (χ2v) is 5.04. The van der Waals surface area contributed by atoms with Crippen LogP contribution in [0.5, 0.6) is 0 Å². The van der Waals surface area contributed by atoms with Crippen LogP contribution in [-0.4, -0.2) is 29.4 Å². The molecule has 1 atom stereocenters. The first-order valence-corrected chi connectivity index (χ1v) is 6.98. The maximum absolute atomic E-state index is 4.56. The summed E-state index contributed by atoms with van der Waals surface area (Å²) in [5.41, 5.74) is 2.45. The van der Waals surface area contributed by atoms with Gasteiger partial charge in [0.05, 0.1) is 5.69 Å². The van der Waals surface area contributed by atoms with Crippen molar-refractivity contribution in [1.82, 2.24) is 15.1 Å². The zero-order chi connectivity index (χ0) is 13.7. The molecule has 0 bridgehead atoms. The average molecular weight is 252 g/mol. The number of nitrogens with zero attached hydrogens (tertiary/aromatic N) is 3. The van der Waals surface area contributed by atoms with Crippen molar-refractivity contribution in [3.05, 3.63) is 11.3 Å². The lowest BCUT2D eigenvalue weighted by Gasteiger charge is -2.28. The van der Waals surface area contributed by atoms with Crippen molar-refractivity contribution in [2.45, 2.75) is 53.1 Å². The summed E-state index contributed by atoms with van der Waals surface area (Å²) in [6.45, 7) is 10.6. The van der Waals surface area contributed by atoms with Gasteiger partial charge < -0.3 is 10.2 Å². The van der Waals surface area contributed by atoms with Gasteiger partial charge in [-0.3, -0.25) is 4.68 Å². The van der Waals surface area contributed by atoms with E-state index in [9.17, 15) is 0 Å². The second-order valence-electron chi connectivity index (χ2n) is 5.04. The molecule has 0 saturated carbocycles. The van der Waals surface area contributed by atoms with Gasteiger partial charge in [0.2, 0.25) is 0 Å². The maximum Gasteiger partial charge on any atom is 0.131 e. The van der Waals surface area contributed by atoms with Crippen molar-refractivity contribution in [3.63, 3.8) is 0 Å². The lowest BCUT2D eigenvalue weighted by atomic mass is 10.1. The number of nitrogens with one attached hydrogen (secondary N) is 1. The zero-order valence-electron chi connectivity index (χ0n) is 12.7. The van der Waals surface area contributed by atoms with Gasteiger partial charge in [0, 0.05) is 32.2 Å². The topological polar surface area (TPSA) is 33.1 Å². The molecule has 4 nitrogen and oxygen atoms in total. The monoisotopic (exact) mass is 252 g/mol. The summed E-state index contributed by atoms with van der Waals surface area (Å²) < 4.78 is 2.01. The van der Waals surface area contributed by atoms with E-state index in [-0.39, 0.29) is 0 Å². The van der Waals surface area contributed by atoms with E-state index in [2.05, 4.69) is 50.1 Å². The molecule has 4 heteroatoms. The highest BCUT2D eigenvalue weighted by atomic mass is 15.4. The number of aryl methyl sites for hydroxylation is 2. The molecule has 1 heterocycles. The highest BCUT2D eigenvalue weighted by molar-refractivity contribution is 5.50. The van der Waals surface area contributed by atoms with Crippen LogP contribution in [0.3, 0.4) is 0 Å². The van der Waals surface area contributed by atoms with Crippen molar-refractivity contribution >= 4 is 5.82 Å². The molecule has 1 aromatic heterocycles. The van der Waals surface area contributed by atoms with Crippen LogP contribution in [0.4, 0.5) is 5.82 Å². The average Bonchev–Trinajstić information content (AvgIpc) is 2.60. The molecule has 18 heavy (non-hydrogen) atoms. The van der Waals surface area contributed by atoms with E-state index < -0.39 is 0 Å². The van der Waals surface area contributed by atoms with E-state index in [0.717, 1.165) is 18.8 Å². The van der Waals surface area contributed by atoms with Gasteiger partial charge in [-0.1, -0.05) is 20.3 Å². The molecule has 0 aromatic carbocycles. The molecular formula is C14H28N4. The summed E-state index contributed by atoms with van der Waals surface area (Å²) in [6, 6.07) is 0.546. The number of anilines is 1. The van der Waals surface area contributed by atoms with Crippen LogP contribution in [0.15, 0.2) is 0 Å². The first kappa shape index (κ1) is 15.0. The van der Waals surface area contributed by atoms with Gasteiger partial charge in [-0.2, -0.15) is 5.10 Å². The Kier molecular flexibility index (Phi) is 5.66. The van der Waals surface area contributed by atoms with Gasteiger partial charge >= 0.3 is 0 Å². The molecule has 0 spiro atoms. The van der Waals surface area contributed by atoms with Crippen molar-refractivity contribution < 1.29 is 0 Å². The molecule has 0 aliphatic rings. The molecule has 0 radical (unpaired) electrons. The van der Waals surface area contributed by atoms with Crippen LogP contribution in [0.1, 0.15) is 44.9 Å². The maximum atomic E-state index is 4.56. The predicted molar refractivity (Wildman–Crippen MR) is 78.1 cm³/mol. The van der Waals surface area contributed by atoms with E-state index in [1.54, 1.807) is 0 Å². The molecule has 1 rings (SSSR count). The Morgan fingerprint density at radius 1 is 1.39 bits per heavy atom. The summed E-state index contributed by atoms with van der Waals surface area (Å²) >= 11 is 0. The van der Waals surface area contributed by atoms with Crippen LogP contribution in [0, 0.1) is 6.92 Å². The Labute approximate surface area is 111 Å². The van der Waals surface area contributed by atoms with Crippen molar-refractivity contribution in [3.8, 4) is 0 Å². The van der Waals surface area contributed by atoms with Crippen LogP contribution < -0.4 is 10.2 Å². The quantitative estimate of drug-likeness (QED) is 0.809. The molecule has 0 amide bonds. The molecule has 1 N–H and O–H groups in total. The summed E-state index contributed by atoms with van der Waals surface area (Å²) in [5, 5.41) is 7.97. The molecule has 1 unspecified atom stereocenters. The van der Waals surface area contributed by atoms with E-state index in [4.69, 9.17) is 0 Å². The molecule has 0 saturated heterocycles. The van der Waals surface area contributed by atoms with Gasteiger partial charge in [-0.15, -0.1) is 0 Å². The smallest absolute Gasteiger partial charge is 0.131 e. The number of rotatable bonds is 7. The Morgan fingerprint density at radius 3 is 2.61 bits per heavy atom. The van der Waals surface area contributed by atoms with Gasteiger partial charge in [0.25, 0.3) is 0 Å². The van der Waals surface area contributed by atoms with Crippen LogP contribution >= 0.6 is 0 Å². The highest BCUT2D eigenvalue weighted by Gasteiger charge is 2.19. The first-order chi connectivity index (χ1) is 8.52. The van der Waals surface area contributed by atoms with E-state index in [1.165, 1.54) is 24.2 Å². The van der Waals surface area contributed by atoms with Crippen LogP contribution in [0.2, 0.25) is 0 Å². The highest BCUT2D eigenvalue weighted by Crippen LogP contribution is 2.24. The third-order valence-corrected chi connectivity index (χ3v) is 3.57. The minimum atomic E-state index is 0.546. The molecule has 0 fully saturated rings. The number of aromatic nitrogens is 2. The molecule has 0 aliphatic carbocycles. The fraction of sp³-hybridized carbons (Fsp3) is 0.786. The molecule has 0 aliphatic heterocycles. The molecule has 1 aromatic rings. The Morgan fingerprint density at radius 2 is 2.06 bits per heavy atom. The normalized spacial score (nSPS) is 12.8. The van der Waals surface area contributed by atoms with Crippen molar-refractivity contribution in [2.75, 3.05) is 18.5 Å². The minimum absolute atomic E-state index is 0.546. The second kappa shape index (κ2) is 6.78. The third kappa shape index (κ3) is 3.25. The predicted octanol–water partition coefficient (Wildman–Crippen LogP) is 2.46. The SMILES string of the molecule is CCCC(C)N(C)c1c(CNCC)c(C)nn1C. The van der Waals surface area contributed by atoms with Crippen molar-refractivity contribution in [1.29, 1.82) is 0 Å². The molecular weight excluding hydrogens is 224 g/mol. The largest absolute Gasteiger partial charge is 0.357 e. The lowest BCUT2D eigenvalue weighted by Crippen LogP contribution is -2.31. The third-order valence-electron chi connectivity index (χ3n) is 3.57. The van der Waals surface area contributed by atoms with Gasteiger partial charge in [0.15, 0.2) is 0 Å². The molecule has 104 valence electrons. The lowest BCUT2D eigenvalue weighted by molar-refractivity contribution is 0.591. The van der Waals surface area contributed by atoms with E-state index in [0.29, 0.717) is 6.04 Å². The van der Waals surface area contributed by atoms with Crippen LogP contribution in [0.25, 0.3) is 0 Å². The summed E-state index contributed by atoms with van der Waals surface area (Å²) in [5.74, 6) is 1.24. The van der Waals surface area contributed by atoms with E-state index >= 15 is 0 Å². The van der Waals surface area contributed by atoms with Gasteiger partial charge in [-0.25, -0.2) is 0 Å². The summed E-state index contributed by atoms with van der Waals surface area (Å²) in [4.78, 5) is 2.36.